The molecule has 1 aliphatic rings. The van der Waals surface area contributed by atoms with Crippen LogP contribution in [-0.2, 0) is 29.9 Å². The summed E-state index contributed by atoms with van der Waals surface area (Å²) in [6, 6.07) is 8.32. The van der Waals surface area contributed by atoms with Crippen molar-refractivity contribution in [2.45, 2.75) is 30.8 Å². The van der Waals surface area contributed by atoms with Crippen molar-refractivity contribution >= 4 is 5.91 Å². The molecule has 0 fully saturated rings. The minimum absolute atomic E-state index is 0.0129. The van der Waals surface area contributed by atoms with Gasteiger partial charge in [-0.2, -0.15) is 26.3 Å². The highest BCUT2D eigenvalue weighted by Gasteiger charge is 2.39. The Balaban J connectivity index is 1.82. The third-order valence-corrected chi connectivity index (χ3v) is 5.00. The fourth-order valence-electron chi connectivity index (χ4n) is 3.43. The van der Waals surface area contributed by atoms with Gasteiger partial charge in [0.2, 0.25) is 0 Å². The van der Waals surface area contributed by atoms with Crippen LogP contribution in [0, 0.1) is 0 Å². The van der Waals surface area contributed by atoms with E-state index in [1.807, 2.05) is 24.3 Å². The normalized spacial score (nSPS) is 15.8. The van der Waals surface area contributed by atoms with E-state index in [1.165, 1.54) is 7.11 Å². The first-order valence-electron chi connectivity index (χ1n) is 8.63. The maximum absolute atomic E-state index is 13.0. The number of halogens is 6. The van der Waals surface area contributed by atoms with Crippen LogP contribution in [0.2, 0.25) is 0 Å². The van der Waals surface area contributed by atoms with Crippen molar-refractivity contribution in [2.24, 2.45) is 0 Å². The molecule has 3 nitrogen and oxygen atoms in total. The summed E-state index contributed by atoms with van der Waals surface area (Å²) in [5.74, 6) is -1.03. The van der Waals surface area contributed by atoms with Crippen molar-refractivity contribution in [1.82, 2.24) is 5.32 Å². The van der Waals surface area contributed by atoms with Crippen molar-refractivity contribution in [3.05, 3.63) is 70.3 Å². The lowest BCUT2D eigenvalue weighted by molar-refractivity contribution is -0.143. The van der Waals surface area contributed by atoms with Gasteiger partial charge in [0.25, 0.3) is 5.91 Å². The summed E-state index contributed by atoms with van der Waals surface area (Å²) in [7, 11) is 1.45. The van der Waals surface area contributed by atoms with Gasteiger partial charge in [-0.25, -0.2) is 0 Å². The largest absolute Gasteiger partial charge is 0.416 e. The Bertz CT molecular complexity index is 863. The van der Waals surface area contributed by atoms with Crippen LogP contribution >= 0.6 is 0 Å². The van der Waals surface area contributed by atoms with E-state index in [9.17, 15) is 31.1 Å². The molecule has 0 spiro atoms. The van der Waals surface area contributed by atoms with Gasteiger partial charge in [0.15, 0.2) is 0 Å². The zero-order chi connectivity index (χ0) is 21.4. The lowest BCUT2D eigenvalue weighted by atomic mass is 9.99. The maximum Gasteiger partial charge on any atom is 0.416 e. The molecule has 0 heterocycles. The van der Waals surface area contributed by atoms with Crippen molar-refractivity contribution in [3.63, 3.8) is 0 Å². The summed E-state index contributed by atoms with van der Waals surface area (Å²) in [6.07, 6.45) is -9.10. The van der Waals surface area contributed by atoms with E-state index >= 15 is 0 Å². The Morgan fingerprint density at radius 3 is 1.86 bits per heavy atom. The minimum atomic E-state index is -5.02. The number of amides is 1. The smallest absolute Gasteiger partial charge is 0.376 e. The summed E-state index contributed by atoms with van der Waals surface area (Å²) in [5, 5.41) is 2.43. The average Bonchev–Trinajstić information content (AvgIpc) is 3.03. The van der Waals surface area contributed by atoms with Crippen molar-refractivity contribution in [1.29, 1.82) is 0 Å². The van der Waals surface area contributed by atoms with E-state index in [1.54, 1.807) is 0 Å². The molecule has 9 heteroatoms. The molecule has 3 rings (SSSR count). The second kappa shape index (κ2) is 7.37. The van der Waals surface area contributed by atoms with Gasteiger partial charge < -0.3 is 10.1 Å². The van der Waals surface area contributed by atoms with Crippen molar-refractivity contribution in [2.75, 3.05) is 13.7 Å². The molecular formula is C20H17F6NO2. The number of methoxy groups -OCH3 is 1. The zero-order valence-corrected chi connectivity index (χ0v) is 15.2. The molecule has 0 bridgehead atoms. The minimum Gasteiger partial charge on any atom is -0.376 e. The second-order valence-electron chi connectivity index (χ2n) is 6.99. The first-order chi connectivity index (χ1) is 13.4. The first kappa shape index (κ1) is 21.2. The summed E-state index contributed by atoms with van der Waals surface area (Å²) < 4.78 is 83.4. The second-order valence-corrected chi connectivity index (χ2v) is 6.99. The highest BCUT2D eigenvalue weighted by Crippen LogP contribution is 2.36. The SMILES string of the molecule is COC1(CNC(=O)c2cc(C(F)(F)F)cc(C(F)(F)F)c2)Cc2ccccc2C1. The molecule has 1 aliphatic carbocycles. The standard InChI is InChI=1S/C20H17F6NO2/c1-29-18(9-12-4-2-3-5-13(12)10-18)11-27-17(28)14-6-15(19(21,22)23)8-16(7-14)20(24,25)26/h2-8H,9-11H2,1H3,(H,27,28). The van der Waals surface area contributed by atoms with E-state index in [4.69, 9.17) is 4.74 Å². The third-order valence-electron chi connectivity index (χ3n) is 5.00. The average molecular weight is 417 g/mol. The van der Waals surface area contributed by atoms with E-state index in [2.05, 4.69) is 5.32 Å². The molecule has 2 aromatic carbocycles. The number of fused-ring (bicyclic) bond motifs is 1. The van der Waals surface area contributed by atoms with Crippen LogP contribution in [0.5, 0.6) is 0 Å². The highest BCUT2D eigenvalue weighted by molar-refractivity contribution is 5.94. The molecule has 0 atom stereocenters. The summed E-state index contributed by atoms with van der Waals surface area (Å²) in [6.45, 7) is -0.0609. The number of hydrogen-bond acceptors (Lipinski definition) is 2. The summed E-state index contributed by atoms with van der Waals surface area (Å²) >= 11 is 0. The first-order valence-corrected chi connectivity index (χ1v) is 8.63. The third kappa shape index (κ3) is 4.55. The predicted octanol–water partition coefficient (Wildman–Crippen LogP) is 4.64. The van der Waals surface area contributed by atoms with E-state index in [0.29, 0.717) is 25.0 Å². The quantitative estimate of drug-likeness (QED) is 0.737. The van der Waals surface area contributed by atoms with Gasteiger partial charge in [0.1, 0.15) is 0 Å². The van der Waals surface area contributed by atoms with Gasteiger partial charge in [-0.1, -0.05) is 24.3 Å². The van der Waals surface area contributed by atoms with Gasteiger partial charge in [-0.05, 0) is 29.3 Å². The summed E-state index contributed by atoms with van der Waals surface area (Å²) in [5.41, 5.74) is -2.56. The van der Waals surface area contributed by atoms with Crippen LogP contribution in [0.4, 0.5) is 26.3 Å². The van der Waals surface area contributed by atoms with Crippen molar-refractivity contribution in [3.8, 4) is 0 Å². The van der Waals surface area contributed by atoms with E-state index < -0.39 is 40.6 Å². The molecule has 2 aromatic rings. The molecule has 1 amide bonds. The number of rotatable bonds is 4. The van der Waals surface area contributed by atoms with E-state index in [0.717, 1.165) is 11.1 Å². The van der Waals surface area contributed by atoms with Crippen LogP contribution in [0.25, 0.3) is 0 Å². The Kier molecular flexibility index (Phi) is 5.38. The molecule has 0 aromatic heterocycles. The number of nitrogens with one attached hydrogen (secondary N) is 1. The Morgan fingerprint density at radius 1 is 0.966 bits per heavy atom. The number of alkyl halides is 6. The number of carbonyl (C=O) groups is 1. The Hall–Kier alpha value is -2.55. The highest BCUT2D eigenvalue weighted by atomic mass is 19.4. The number of carbonyl (C=O) groups excluding carboxylic acids is 1. The predicted molar refractivity (Wildman–Crippen MR) is 92.4 cm³/mol. The van der Waals surface area contributed by atoms with Crippen LogP contribution < -0.4 is 5.32 Å². The molecule has 0 saturated heterocycles. The summed E-state index contributed by atoms with van der Waals surface area (Å²) in [4.78, 5) is 12.4. The molecule has 156 valence electrons. The van der Waals surface area contributed by atoms with Crippen molar-refractivity contribution < 1.29 is 35.9 Å². The molecule has 29 heavy (non-hydrogen) atoms. The Morgan fingerprint density at radius 2 is 1.45 bits per heavy atom. The van der Waals surface area contributed by atoms with Gasteiger partial charge in [-0.3, -0.25) is 4.79 Å². The molecule has 0 saturated carbocycles. The lowest BCUT2D eigenvalue weighted by Gasteiger charge is -2.28. The van der Waals surface area contributed by atoms with Gasteiger partial charge in [0, 0.05) is 32.1 Å². The Labute approximate surface area is 162 Å². The van der Waals surface area contributed by atoms with Gasteiger partial charge in [0.05, 0.1) is 16.7 Å². The number of hydrogen-bond donors (Lipinski definition) is 1. The fourth-order valence-corrected chi connectivity index (χ4v) is 3.43. The van der Waals surface area contributed by atoms with E-state index in [-0.39, 0.29) is 12.6 Å². The molecule has 0 radical (unpaired) electrons. The topological polar surface area (TPSA) is 38.3 Å². The lowest BCUT2D eigenvalue weighted by Crippen LogP contribution is -2.45. The van der Waals surface area contributed by atoms with Gasteiger partial charge >= 0.3 is 12.4 Å². The van der Waals surface area contributed by atoms with Gasteiger partial charge in [-0.15, -0.1) is 0 Å². The zero-order valence-electron chi connectivity index (χ0n) is 15.2. The number of ether oxygens (including phenoxy) is 1. The molecular weight excluding hydrogens is 400 g/mol. The number of benzene rings is 2. The maximum atomic E-state index is 13.0. The molecule has 1 N–H and O–H groups in total. The monoisotopic (exact) mass is 417 g/mol. The molecule has 0 unspecified atom stereocenters. The fraction of sp³-hybridized carbons (Fsp3) is 0.350. The van der Waals surface area contributed by atoms with Crippen LogP contribution in [-0.4, -0.2) is 25.2 Å². The van der Waals surface area contributed by atoms with Crippen LogP contribution in [0.1, 0.15) is 32.6 Å². The van der Waals surface area contributed by atoms with Crippen LogP contribution in [0.15, 0.2) is 42.5 Å². The van der Waals surface area contributed by atoms with Crippen LogP contribution in [0.3, 0.4) is 0 Å². The molecule has 0 aliphatic heterocycles.